The van der Waals surface area contributed by atoms with Gasteiger partial charge in [0.05, 0.1) is 17.2 Å². The largest absolute Gasteiger partial charge is 0.491 e. The Morgan fingerprint density at radius 1 is 1.31 bits per heavy atom. The van der Waals surface area contributed by atoms with Gasteiger partial charge in [-0.2, -0.15) is 0 Å². The van der Waals surface area contributed by atoms with E-state index in [9.17, 15) is 15.0 Å². The molecule has 158 valence electrons. The highest BCUT2D eigenvalue weighted by atomic mass is 32.2. The van der Waals surface area contributed by atoms with E-state index in [1.54, 1.807) is 17.8 Å². The van der Waals surface area contributed by atoms with Gasteiger partial charge in [0.1, 0.15) is 18.5 Å². The number of benzene rings is 1. The number of nitrogens with zero attached hydrogens (tertiary/aromatic N) is 1. The number of para-hydroxylation sites is 1. The van der Waals surface area contributed by atoms with Crippen LogP contribution < -0.4 is 4.74 Å². The van der Waals surface area contributed by atoms with Gasteiger partial charge in [-0.25, -0.2) is 0 Å². The van der Waals surface area contributed by atoms with Crippen LogP contribution in [0.5, 0.6) is 5.75 Å². The summed E-state index contributed by atoms with van der Waals surface area (Å²) >= 11 is 1.71. The molecular formula is C22H29NO5S. The van der Waals surface area contributed by atoms with Gasteiger partial charge >= 0.3 is 5.97 Å². The number of carbonyl (C=O) groups is 1. The Labute approximate surface area is 175 Å². The molecule has 0 bridgehead atoms. The molecule has 5 atom stereocenters. The summed E-state index contributed by atoms with van der Waals surface area (Å²) in [6.07, 6.45) is 5.74. The molecule has 1 aromatic rings. The standard InChI is InChI=1S/C22H29NO5S/c24-15(14-28-16-6-2-1-3-7-16)9-10-17-18-12-21(23-19(18)13-20(17)25)29-11-5-4-8-22(26)27/h1-3,6-7,9-10,15,17-20,24-25H,4-5,8,11-14H2,(H,26,27)/t15-,17?,18?,19?,20?/m0/s1. The minimum atomic E-state index is -0.747. The summed E-state index contributed by atoms with van der Waals surface area (Å²) in [6, 6.07) is 9.51. The minimum absolute atomic E-state index is 0.0137. The SMILES string of the molecule is O=C(O)CCCCSC1=NC2CC(O)C(C=C[C@H](O)COc3ccccc3)C2C1. The average Bonchev–Trinajstić information content (AvgIpc) is 3.21. The van der Waals surface area contributed by atoms with Crippen LogP contribution in [0.4, 0.5) is 0 Å². The third-order valence-electron chi connectivity index (χ3n) is 5.41. The lowest BCUT2D eigenvalue weighted by atomic mass is 9.91. The first-order valence-electron chi connectivity index (χ1n) is 10.2. The van der Waals surface area contributed by atoms with Crippen molar-refractivity contribution in [1.82, 2.24) is 0 Å². The molecule has 0 spiro atoms. The zero-order valence-electron chi connectivity index (χ0n) is 16.4. The number of aliphatic hydroxyl groups is 2. The average molecular weight is 420 g/mol. The van der Waals surface area contributed by atoms with Crippen molar-refractivity contribution in [2.24, 2.45) is 16.8 Å². The van der Waals surface area contributed by atoms with E-state index in [1.165, 1.54) is 0 Å². The number of carboxylic acids is 1. The Bertz CT molecular complexity index is 723. The van der Waals surface area contributed by atoms with E-state index in [0.717, 1.165) is 29.4 Å². The van der Waals surface area contributed by atoms with E-state index in [1.807, 2.05) is 36.4 Å². The van der Waals surface area contributed by atoms with Gasteiger partial charge in [0.2, 0.25) is 0 Å². The van der Waals surface area contributed by atoms with E-state index in [2.05, 4.69) is 0 Å². The summed E-state index contributed by atoms with van der Waals surface area (Å²) < 4.78 is 5.57. The predicted molar refractivity (Wildman–Crippen MR) is 114 cm³/mol. The number of hydrogen-bond donors (Lipinski definition) is 3. The summed E-state index contributed by atoms with van der Waals surface area (Å²) in [4.78, 5) is 15.3. The molecule has 1 heterocycles. The zero-order chi connectivity index (χ0) is 20.6. The summed E-state index contributed by atoms with van der Waals surface area (Å²) in [5.74, 6) is 1.10. The van der Waals surface area contributed by atoms with Crippen molar-refractivity contribution in [3.63, 3.8) is 0 Å². The molecule has 4 unspecified atom stereocenters. The third kappa shape index (κ3) is 6.59. The molecule has 7 heteroatoms. The smallest absolute Gasteiger partial charge is 0.303 e. The summed E-state index contributed by atoms with van der Waals surface area (Å²) in [7, 11) is 0. The normalized spacial score (nSPS) is 27.0. The molecule has 3 rings (SSSR count). The van der Waals surface area contributed by atoms with Crippen molar-refractivity contribution < 1.29 is 24.9 Å². The van der Waals surface area contributed by atoms with E-state index < -0.39 is 18.2 Å². The van der Waals surface area contributed by atoms with Crippen molar-refractivity contribution in [2.75, 3.05) is 12.4 Å². The van der Waals surface area contributed by atoms with E-state index in [4.69, 9.17) is 14.8 Å². The fourth-order valence-corrected chi connectivity index (χ4v) is 5.03. The first kappa shape index (κ1) is 21.9. The number of aliphatic carboxylic acids is 1. The van der Waals surface area contributed by atoms with Crippen LogP contribution in [-0.2, 0) is 4.79 Å². The monoisotopic (exact) mass is 419 g/mol. The second kappa shape index (κ2) is 10.8. The van der Waals surface area contributed by atoms with Crippen LogP contribution in [0, 0.1) is 11.8 Å². The van der Waals surface area contributed by atoms with Gasteiger partial charge < -0.3 is 20.1 Å². The molecule has 0 amide bonds. The molecule has 1 aliphatic carbocycles. The van der Waals surface area contributed by atoms with Gasteiger partial charge in [-0.1, -0.05) is 30.4 Å². The molecule has 0 aromatic heterocycles. The molecule has 1 aromatic carbocycles. The van der Waals surface area contributed by atoms with Gasteiger partial charge in [-0.05, 0) is 43.1 Å². The Morgan fingerprint density at radius 3 is 2.86 bits per heavy atom. The molecule has 29 heavy (non-hydrogen) atoms. The zero-order valence-corrected chi connectivity index (χ0v) is 17.2. The molecule has 0 saturated heterocycles. The van der Waals surface area contributed by atoms with Gasteiger partial charge in [0, 0.05) is 18.8 Å². The lowest BCUT2D eigenvalue weighted by molar-refractivity contribution is -0.137. The Hall–Kier alpha value is -1.83. The molecule has 3 N–H and O–H groups in total. The van der Waals surface area contributed by atoms with E-state index >= 15 is 0 Å². The highest BCUT2D eigenvalue weighted by Crippen LogP contribution is 2.43. The van der Waals surface area contributed by atoms with Crippen LogP contribution in [0.15, 0.2) is 47.5 Å². The number of carboxylic acid groups (broad SMARTS) is 1. The van der Waals surface area contributed by atoms with E-state index in [-0.39, 0.29) is 30.9 Å². The first-order valence-corrected chi connectivity index (χ1v) is 11.1. The van der Waals surface area contributed by atoms with Gasteiger partial charge in [0.15, 0.2) is 0 Å². The van der Waals surface area contributed by atoms with Gasteiger partial charge in [0.25, 0.3) is 0 Å². The van der Waals surface area contributed by atoms with Crippen LogP contribution in [-0.4, -0.2) is 56.9 Å². The van der Waals surface area contributed by atoms with Gasteiger partial charge in [-0.15, -0.1) is 11.8 Å². The molecule has 2 aliphatic rings. The number of rotatable bonds is 10. The number of aliphatic imine (C=N–C) groups is 1. The van der Waals surface area contributed by atoms with Crippen LogP contribution in [0.25, 0.3) is 0 Å². The third-order valence-corrected chi connectivity index (χ3v) is 6.51. The maximum absolute atomic E-state index is 10.6. The van der Waals surface area contributed by atoms with Crippen LogP contribution in [0.3, 0.4) is 0 Å². The lowest BCUT2D eigenvalue weighted by Crippen LogP contribution is -2.20. The molecule has 6 nitrogen and oxygen atoms in total. The van der Waals surface area contributed by atoms with Crippen molar-refractivity contribution in [3.8, 4) is 5.75 Å². The molecule has 1 aliphatic heterocycles. The maximum Gasteiger partial charge on any atom is 0.303 e. The number of thioether (sulfide) groups is 1. The van der Waals surface area contributed by atoms with Crippen molar-refractivity contribution in [1.29, 1.82) is 0 Å². The van der Waals surface area contributed by atoms with Crippen LogP contribution in [0.2, 0.25) is 0 Å². The van der Waals surface area contributed by atoms with Gasteiger partial charge in [-0.3, -0.25) is 9.79 Å². The molecule has 0 radical (unpaired) electrons. The second-order valence-corrected chi connectivity index (χ2v) is 8.78. The Balaban J connectivity index is 1.43. The molecular weight excluding hydrogens is 390 g/mol. The van der Waals surface area contributed by atoms with Crippen LogP contribution >= 0.6 is 11.8 Å². The number of ether oxygens (including phenoxy) is 1. The van der Waals surface area contributed by atoms with Crippen molar-refractivity contribution in [2.45, 2.75) is 50.4 Å². The number of fused-ring (bicyclic) bond motifs is 1. The quantitative estimate of drug-likeness (QED) is 0.398. The maximum atomic E-state index is 10.6. The van der Waals surface area contributed by atoms with Crippen molar-refractivity contribution >= 4 is 22.8 Å². The topological polar surface area (TPSA) is 99.4 Å². The number of unbranched alkanes of at least 4 members (excludes halogenated alkanes) is 1. The summed E-state index contributed by atoms with van der Waals surface area (Å²) in [5, 5.41) is 30.4. The fourth-order valence-electron chi connectivity index (χ4n) is 3.93. The van der Waals surface area contributed by atoms with Crippen molar-refractivity contribution in [3.05, 3.63) is 42.5 Å². The van der Waals surface area contributed by atoms with E-state index in [0.29, 0.717) is 12.8 Å². The minimum Gasteiger partial charge on any atom is -0.491 e. The van der Waals surface area contributed by atoms with Crippen LogP contribution in [0.1, 0.15) is 32.1 Å². The Morgan fingerprint density at radius 2 is 2.10 bits per heavy atom. The first-order chi connectivity index (χ1) is 14.0. The predicted octanol–water partition coefficient (Wildman–Crippen LogP) is 3.14. The number of aliphatic hydroxyl groups excluding tert-OH is 2. The summed E-state index contributed by atoms with van der Waals surface area (Å²) in [5.41, 5.74) is 0. The second-order valence-electron chi connectivity index (χ2n) is 7.61. The fraction of sp³-hybridized carbons (Fsp3) is 0.545. The Kier molecular flexibility index (Phi) is 8.15. The highest BCUT2D eigenvalue weighted by molar-refractivity contribution is 8.13. The summed E-state index contributed by atoms with van der Waals surface area (Å²) in [6.45, 7) is 0.172. The molecule has 1 saturated carbocycles. The lowest BCUT2D eigenvalue weighted by Gasteiger charge is -2.17. The molecule has 1 fully saturated rings. The highest BCUT2D eigenvalue weighted by Gasteiger charge is 2.44. The number of hydrogen-bond acceptors (Lipinski definition) is 6.